The lowest BCUT2D eigenvalue weighted by Gasteiger charge is -2.52. The van der Waals surface area contributed by atoms with Crippen molar-refractivity contribution >= 4 is 5.91 Å². The van der Waals surface area contributed by atoms with Crippen LogP contribution in [0.5, 0.6) is 5.75 Å². The van der Waals surface area contributed by atoms with Crippen molar-refractivity contribution in [1.29, 1.82) is 0 Å². The number of nitrogens with zero attached hydrogens (tertiary/aromatic N) is 1. The van der Waals surface area contributed by atoms with E-state index in [4.69, 9.17) is 10.5 Å². The van der Waals surface area contributed by atoms with Crippen molar-refractivity contribution < 1.29 is 14.6 Å². The first-order valence-electron chi connectivity index (χ1n) is 8.43. The van der Waals surface area contributed by atoms with Crippen molar-refractivity contribution in [2.45, 2.75) is 43.7 Å². The second-order valence-corrected chi connectivity index (χ2v) is 6.83. The summed E-state index contributed by atoms with van der Waals surface area (Å²) < 4.78 is 5.54. The van der Waals surface area contributed by atoms with Crippen molar-refractivity contribution in [3.8, 4) is 5.75 Å². The molecule has 2 aliphatic rings. The maximum atomic E-state index is 11.5. The molecule has 0 spiro atoms. The number of rotatable bonds is 4. The fraction of sp³-hybridized carbons (Fsp3) is 0.611. The van der Waals surface area contributed by atoms with Crippen LogP contribution >= 0.6 is 0 Å². The van der Waals surface area contributed by atoms with Gasteiger partial charge in [0.2, 0.25) is 5.91 Å². The third kappa shape index (κ3) is 3.08. The Labute approximate surface area is 137 Å². The number of carbonyl (C=O) groups excluding carboxylic acids is 1. The predicted molar refractivity (Wildman–Crippen MR) is 88.0 cm³/mol. The average molecular weight is 318 g/mol. The number of carbonyl (C=O) groups is 1. The third-order valence-electron chi connectivity index (χ3n) is 5.49. The zero-order valence-corrected chi connectivity index (χ0v) is 13.7. The van der Waals surface area contributed by atoms with E-state index in [0.29, 0.717) is 13.0 Å². The van der Waals surface area contributed by atoms with Crippen LogP contribution in [0.1, 0.15) is 43.7 Å². The first kappa shape index (κ1) is 16.3. The van der Waals surface area contributed by atoms with Crippen molar-refractivity contribution in [2.75, 3.05) is 20.2 Å². The number of piperidine rings is 1. The molecule has 3 atom stereocenters. The number of aliphatic hydroxyl groups is 1. The van der Waals surface area contributed by atoms with Gasteiger partial charge in [0.1, 0.15) is 5.75 Å². The molecule has 0 unspecified atom stereocenters. The highest BCUT2D eigenvalue weighted by Crippen LogP contribution is 2.50. The summed E-state index contributed by atoms with van der Waals surface area (Å²) in [6, 6.07) is 7.87. The van der Waals surface area contributed by atoms with Gasteiger partial charge in [-0.05, 0) is 25.3 Å². The number of fused-ring (bicyclic) bond motifs is 1. The molecule has 1 aromatic carbocycles. The van der Waals surface area contributed by atoms with Crippen molar-refractivity contribution in [3.63, 3.8) is 0 Å². The molecule has 0 bridgehead atoms. The fourth-order valence-electron chi connectivity index (χ4n) is 4.44. The minimum Gasteiger partial charge on any atom is -0.496 e. The number of primary amides is 1. The number of para-hydroxylation sites is 1. The maximum Gasteiger partial charge on any atom is 0.231 e. The number of likely N-dealkylation sites (tertiary alicyclic amines) is 1. The Hall–Kier alpha value is -1.59. The molecule has 0 aromatic heterocycles. The quantitative estimate of drug-likeness (QED) is 0.888. The van der Waals surface area contributed by atoms with Gasteiger partial charge in [0.05, 0.1) is 19.3 Å². The van der Waals surface area contributed by atoms with Crippen LogP contribution in [-0.4, -0.2) is 41.7 Å². The molecule has 3 N–H and O–H groups in total. The molecule has 1 aliphatic carbocycles. The second kappa shape index (κ2) is 6.49. The summed E-state index contributed by atoms with van der Waals surface area (Å²) in [5.74, 6) is 0.591. The lowest BCUT2D eigenvalue weighted by Crippen LogP contribution is -2.56. The van der Waals surface area contributed by atoms with Gasteiger partial charge in [-0.25, -0.2) is 0 Å². The number of amides is 1. The fourth-order valence-corrected chi connectivity index (χ4v) is 4.44. The Morgan fingerprint density at radius 2 is 2.17 bits per heavy atom. The van der Waals surface area contributed by atoms with E-state index in [9.17, 15) is 9.90 Å². The van der Waals surface area contributed by atoms with Gasteiger partial charge in [0, 0.05) is 24.1 Å². The topological polar surface area (TPSA) is 75.8 Å². The molecule has 23 heavy (non-hydrogen) atoms. The molecule has 5 nitrogen and oxygen atoms in total. The monoisotopic (exact) mass is 318 g/mol. The van der Waals surface area contributed by atoms with E-state index in [-0.39, 0.29) is 24.4 Å². The van der Waals surface area contributed by atoms with E-state index in [1.807, 2.05) is 24.3 Å². The van der Waals surface area contributed by atoms with Gasteiger partial charge in [-0.3, -0.25) is 9.69 Å². The van der Waals surface area contributed by atoms with Crippen molar-refractivity contribution in [1.82, 2.24) is 4.90 Å². The van der Waals surface area contributed by atoms with Gasteiger partial charge in [-0.15, -0.1) is 0 Å². The molecule has 0 radical (unpaired) electrons. The zero-order valence-electron chi connectivity index (χ0n) is 13.7. The van der Waals surface area contributed by atoms with E-state index in [2.05, 4.69) is 4.90 Å². The highest BCUT2D eigenvalue weighted by Gasteiger charge is 2.49. The number of hydrogen-bond donors (Lipinski definition) is 2. The van der Waals surface area contributed by atoms with Gasteiger partial charge >= 0.3 is 0 Å². The molecule has 1 amide bonds. The SMILES string of the molecule is COc1ccccc1[C@H]1[C@@H]2CCCC[C@]2(O)CCN1CC(N)=O. The number of methoxy groups -OCH3 is 1. The number of hydrogen-bond acceptors (Lipinski definition) is 4. The minimum absolute atomic E-state index is 0.0299. The molecule has 3 rings (SSSR count). The summed E-state index contributed by atoms with van der Waals surface area (Å²) in [5, 5.41) is 11.2. The second-order valence-electron chi connectivity index (χ2n) is 6.83. The van der Waals surface area contributed by atoms with Gasteiger partial charge in [-0.1, -0.05) is 31.0 Å². The summed E-state index contributed by atoms with van der Waals surface area (Å²) in [7, 11) is 1.66. The molecule has 1 saturated heterocycles. The standard InChI is InChI=1S/C18H26N2O3/c1-23-15-8-3-2-6-13(15)17-14-7-4-5-9-18(14,22)10-11-20(17)12-16(19)21/h2-3,6,8,14,17,22H,4-5,7,9-12H2,1H3,(H2,19,21)/t14-,17-,18-/m0/s1. The lowest BCUT2D eigenvalue weighted by atomic mass is 9.66. The molecule has 2 fully saturated rings. The van der Waals surface area contributed by atoms with Crippen molar-refractivity contribution in [3.05, 3.63) is 29.8 Å². The summed E-state index contributed by atoms with van der Waals surface area (Å²) >= 11 is 0. The van der Waals surface area contributed by atoms with Crippen LogP contribution in [0.3, 0.4) is 0 Å². The van der Waals surface area contributed by atoms with E-state index in [1.165, 1.54) is 0 Å². The van der Waals surface area contributed by atoms with Crippen LogP contribution in [0.15, 0.2) is 24.3 Å². The number of ether oxygens (including phenoxy) is 1. The maximum absolute atomic E-state index is 11.5. The normalized spacial score (nSPS) is 31.4. The Bertz CT molecular complexity index is 577. The smallest absolute Gasteiger partial charge is 0.231 e. The van der Waals surface area contributed by atoms with E-state index in [0.717, 1.165) is 37.0 Å². The first-order valence-corrected chi connectivity index (χ1v) is 8.43. The largest absolute Gasteiger partial charge is 0.496 e. The van der Waals surface area contributed by atoms with Crippen LogP contribution in [0.25, 0.3) is 0 Å². The highest BCUT2D eigenvalue weighted by molar-refractivity contribution is 5.76. The van der Waals surface area contributed by atoms with Crippen molar-refractivity contribution in [2.24, 2.45) is 11.7 Å². The van der Waals surface area contributed by atoms with E-state index < -0.39 is 5.60 Å². The highest BCUT2D eigenvalue weighted by atomic mass is 16.5. The summed E-state index contributed by atoms with van der Waals surface area (Å²) in [6.07, 6.45) is 4.70. The average Bonchev–Trinajstić information content (AvgIpc) is 2.54. The van der Waals surface area contributed by atoms with Crippen LogP contribution in [0.2, 0.25) is 0 Å². The summed E-state index contributed by atoms with van der Waals surface area (Å²) in [5.41, 5.74) is 5.86. The number of benzene rings is 1. The summed E-state index contributed by atoms with van der Waals surface area (Å²) in [4.78, 5) is 13.6. The molecule has 1 saturated carbocycles. The van der Waals surface area contributed by atoms with Gasteiger partial charge in [-0.2, -0.15) is 0 Å². The molecular weight excluding hydrogens is 292 g/mol. The van der Waals surface area contributed by atoms with Crippen LogP contribution < -0.4 is 10.5 Å². The molecule has 5 heteroatoms. The Morgan fingerprint density at radius 1 is 1.39 bits per heavy atom. The number of nitrogens with two attached hydrogens (primary N) is 1. The van der Waals surface area contributed by atoms with Crippen LogP contribution in [0.4, 0.5) is 0 Å². The van der Waals surface area contributed by atoms with E-state index in [1.54, 1.807) is 7.11 Å². The molecule has 1 aromatic rings. The molecule has 126 valence electrons. The Kier molecular flexibility index (Phi) is 4.60. The predicted octanol–water partition coefficient (Wildman–Crippen LogP) is 1.85. The summed E-state index contributed by atoms with van der Waals surface area (Å²) in [6.45, 7) is 0.897. The minimum atomic E-state index is -0.641. The van der Waals surface area contributed by atoms with Gasteiger partial charge in [0.15, 0.2) is 0 Å². The van der Waals surface area contributed by atoms with Gasteiger partial charge in [0.25, 0.3) is 0 Å². The van der Waals surface area contributed by atoms with E-state index >= 15 is 0 Å². The van der Waals surface area contributed by atoms with Crippen LogP contribution in [0, 0.1) is 5.92 Å². The van der Waals surface area contributed by atoms with Crippen LogP contribution in [-0.2, 0) is 4.79 Å². The zero-order chi connectivity index (χ0) is 16.4. The third-order valence-corrected chi connectivity index (χ3v) is 5.49. The van der Waals surface area contributed by atoms with Gasteiger partial charge < -0.3 is 15.6 Å². The molecular formula is C18H26N2O3. The molecule has 1 heterocycles. The first-order chi connectivity index (χ1) is 11.0. The Balaban J connectivity index is 2.02. The Morgan fingerprint density at radius 3 is 2.91 bits per heavy atom. The molecule has 1 aliphatic heterocycles. The lowest BCUT2D eigenvalue weighted by molar-refractivity contribution is -0.136.